The second-order valence-electron chi connectivity index (χ2n) is 7.61. The number of aromatic nitrogens is 3. The van der Waals surface area contributed by atoms with E-state index in [1.807, 2.05) is 49.4 Å². The van der Waals surface area contributed by atoms with Crippen molar-refractivity contribution in [3.8, 4) is 28.1 Å². The predicted molar refractivity (Wildman–Crippen MR) is 120 cm³/mol. The number of aryl methyl sites for hydroxylation is 1. The molecule has 1 aliphatic rings. The lowest BCUT2D eigenvalue weighted by atomic mass is 10.0. The zero-order valence-electron chi connectivity index (χ0n) is 17.1. The number of fused-ring (bicyclic) bond motifs is 1. The van der Waals surface area contributed by atoms with Crippen molar-refractivity contribution in [2.45, 2.75) is 26.2 Å². The molecule has 2 aromatic heterocycles. The van der Waals surface area contributed by atoms with Gasteiger partial charge in [0, 0.05) is 11.1 Å². The fourth-order valence-corrected chi connectivity index (χ4v) is 4.28. The van der Waals surface area contributed by atoms with E-state index in [-0.39, 0.29) is 5.56 Å². The van der Waals surface area contributed by atoms with Gasteiger partial charge in [0.1, 0.15) is 5.75 Å². The molecule has 0 amide bonds. The van der Waals surface area contributed by atoms with Crippen molar-refractivity contribution in [2.24, 2.45) is 0 Å². The van der Waals surface area contributed by atoms with Crippen LogP contribution >= 0.6 is 0 Å². The number of methoxy groups -OCH3 is 1. The van der Waals surface area contributed by atoms with Crippen molar-refractivity contribution in [3.05, 3.63) is 82.3 Å². The van der Waals surface area contributed by atoms with Crippen molar-refractivity contribution in [1.82, 2.24) is 14.6 Å². The van der Waals surface area contributed by atoms with Crippen molar-refractivity contribution in [3.63, 3.8) is 0 Å². The number of benzene rings is 2. The highest BCUT2D eigenvalue weighted by atomic mass is 16.5. The number of aromatic amines is 1. The summed E-state index contributed by atoms with van der Waals surface area (Å²) in [4.78, 5) is 18.5. The van der Waals surface area contributed by atoms with Gasteiger partial charge in [-0.2, -0.15) is 4.52 Å². The maximum atomic E-state index is 13.6. The molecule has 5 rings (SSSR count). The second-order valence-corrected chi connectivity index (χ2v) is 7.61. The van der Waals surface area contributed by atoms with E-state index in [2.05, 4.69) is 23.3 Å². The number of hydrogen-bond donors (Lipinski definition) is 1. The summed E-state index contributed by atoms with van der Waals surface area (Å²) < 4.78 is 6.85. The molecule has 0 fully saturated rings. The van der Waals surface area contributed by atoms with Crippen LogP contribution in [0.1, 0.15) is 30.5 Å². The van der Waals surface area contributed by atoms with E-state index in [4.69, 9.17) is 9.72 Å². The van der Waals surface area contributed by atoms with E-state index in [9.17, 15) is 4.79 Å². The third-order valence-electron chi connectivity index (χ3n) is 5.76. The lowest BCUT2D eigenvalue weighted by Gasteiger charge is -2.08. The molecule has 2 heterocycles. The molecule has 2 aromatic carbocycles. The van der Waals surface area contributed by atoms with Gasteiger partial charge in [-0.25, -0.2) is 4.98 Å². The Morgan fingerprint density at radius 2 is 1.77 bits per heavy atom. The van der Waals surface area contributed by atoms with Gasteiger partial charge < -0.3 is 4.74 Å². The van der Waals surface area contributed by atoms with Crippen LogP contribution in [-0.2, 0) is 0 Å². The zero-order valence-corrected chi connectivity index (χ0v) is 17.1. The van der Waals surface area contributed by atoms with Crippen molar-refractivity contribution in [2.75, 3.05) is 7.11 Å². The SMILES string of the molecule is COc1ccc(-c2c(C)nc3c(C4=CCCC4)c(-c4ccccc4)[nH]n3c2=O)cc1. The van der Waals surface area contributed by atoms with E-state index < -0.39 is 0 Å². The van der Waals surface area contributed by atoms with E-state index in [0.717, 1.165) is 53.1 Å². The first kappa shape index (κ1) is 18.4. The minimum atomic E-state index is -0.0929. The Kier molecular flexibility index (Phi) is 4.51. The molecule has 0 bridgehead atoms. The molecule has 0 radical (unpaired) electrons. The Labute approximate surface area is 174 Å². The molecular formula is C25H23N3O2. The van der Waals surface area contributed by atoms with Gasteiger partial charge in [0.05, 0.1) is 24.1 Å². The van der Waals surface area contributed by atoms with E-state index in [0.29, 0.717) is 11.2 Å². The molecule has 0 saturated carbocycles. The van der Waals surface area contributed by atoms with Gasteiger partial charge in [0.2, 0.25) is 0 Å². The third kappa shape index (κ3) is 2.94. The number of rotatable bonds is 4. The molecule has 150 valence electrons. The molecule has 0 saturated heterocycles. The monoisotopic (exact) mass is 397 g/mol. The average molecular weight is 397 g/mol. The molecule has 5 heteroatoms. The highest BCUT2D eigenvalue weighted by Crippen LogP contribution is 2.37. The number of allylic oxidation sites excluding steroid dienone is 2. The number of ether oxygens (including phenoxy) is 1. The zero-order chi connectivity index (χ0) is 20.7. The normalized spacial score (nSPS) is 13.6. The Balaban J connectivity index is 1.79. The van der Waals surface area contributed by atoms with E-state index in [1.54, 1.807) is 11.6 Å². The van der Waals surface area contributed by atoms with Crippen LogP contribution in [0.4, 0.5) is 0 Å². The van der Waals surface area contributed by atoms with Gasteiger partial charge in [0.15, 0.2) is 5.65 Å². The second kappa shape index (κ2) is 7.34. The molecular weight excluding hydrogens is 374 g/mol. The topological polar surface area (TPSA) is 59.4 Å². The summed E-state index contributed by atoms with van der Waals surface area (Å²) in [5.41, 5.74) is 7.06. The molecule has 4 aromatic rings. The maximum Gasteiger partial charge on any atom is 0.280 e. The smallest absolute Gasteiger partial charge is 0.280 e. The molecule has 1 N–H and O–H groups in total. The Morgan fingerprint density at radius 1 is 1.00 bits per heavy atom. The van der Waals surface area contributed by atoms with E-state index in [1.165, 1.54) is 5.57 Å². The molecule has 1 aliphatic carbocycles. The van der Waals surface area contributed by atoms with Crippen LogP contribution < -0.4 is 10.3 Å². The summed E-state index contributed by atoms with van der Waals surface area (Å²) in [7, 11) is 1.63. The van der Waals surface area contributed by atoms with Crippen LogP contribution in [0.3, 0.4) is 0 Å². The highest BCUT2D eigenvalue weighted by molar-refractivity contribution is 5.88. The summed E-state index contributed by atoms with van der Waals surface area (Å²) in [6, 6.07) is 17.7. The largest absolute Gasteiger partial charge is 0.497 e. The Morgan fingerprint density at radius 3 is 2.43 bits per heavy atom. The van der Waals surface area contributed by atoms with Gasteiger partial charge in [-0.15, -0.1) is 0 Å². The van der Waals surface area contributed by atoms with Gasteiger partial charge in [-0.1, -0.05) is 48.5 Å². The number of H-pyrrole nitrogens is 1. The van der Waals surface area contributed by atoms with Crippen molar-refractivity contribution < 1.29 is 4.74 Å². The maximum absolute atomic E-state index is 13.6. The van der Waals surface area contributed by atoms with E-state index >= 15 is 0 Å². The summed E-state index contributed by atoms with van der Waals surface area (Å²) in [5, 5.41) is 3.36. The summed E-state index contributed by atoms with van der Waals surface area (Å²) in [6.45, 7) is 1.91. The van der Waals surface area contributed by atoms with Crippen LogP contribution in [0.15, 0.2) is 65.5 Å². The number of hydrogen-bond acceptors (Lipinski definition) is 3. The minimum absolute atomic E-state index is 0.0929. The first-order valence-corrected chi connectivity index (χ1v) is 10.2. The molecule has 30 heavy (non-hydrogen) atoms. The highest BCUT2D eigenvalue weighted by Gasteiger charge is 2.23. The van der Waals surface area contributed by atoms with Gasteiger partial charge in [0.25, 0.3) is 5.56 Å². The van der Waals surface area contributed by atoms with Crippen LogP contribution in [0, 0.1) is 6.92 Å². The van der Waals surface area contributed by atoms with Crippen molar-refractivity contribution >= 4 is 11.2 Å². The Bertz CT molecular complexity index is 1310. The Hall–Kier alpha value is -3.60. The predicted octanol–water partition coefficient (Wildman–Crippen LogP) is 5.24. The number of nitrogens with one attached hydrogen (secondary N) is 1. The minimum Gasteiger partial charge on any atom is -0.497 e. The van der Waals surface area contributed by atoms with Crippen LogP contribution in [0.5, 0.6) is 5.75 Å². The molecule has 5 nitrogen and oxygen atoms in total. The van der Waals surface area contributed by atoms with Gasteiger partial charge in [-0.05, 0) is 49.5 Å². The fourth-order valence-electron chi connectivity index (χ4n) is 4.28. The van der Waals surface area contributed by atoms with Crippen LogP contribution in [0.25, 0.3) is 33.6 Å². The lowest BCUT2D eigenvalue weighted by molar-refractivity contribution is 0.415. The molecule has 0 aliphatic heterocycles. The van der Waals surface area contributed by atoms with Crippen LogP contribution in [-0.4, -0.2) is 21.7 Å². The fraction of sp³-hybridized carbons (Fsp3) is 0.200. The van der Waals surface area contributed by atoms with Crippen molar-refractivity contribution in [1.29, 1.82) is 0 Å². The molecule has 0 unspecified atom stereocenters. The summed E-state index contributed by atoms with van der Waals surface area (Å²) in [6.07, 6.45) is 5.47. The number of nitrogens with zero attached hydrogens (tertiary/aromatic N) is 2. The average Bonchev–Trinajstić information content (AvgIpc) is 3.43. The lowest BCUT2D eigenvalue weighted by Crippen LogP contribution is -2.19. The first-order chi connectivity index (χ1) is 14.7. The molecule has 0 spiro atoms. The quantitative estimate of drug-likeness (QED) is 0.512. The van der Waals surface area contributed by atoms with Crippen LogP contribution in [0.2, 0.25) is 0 Å². The molecule has 0 atom stereocenters. The summed E-state index contributed by atoms with van der Waals surface area (Å²) >= 11 is 0. The summed E-state index contributed by atoms with van der Waals surface area (Å²) in [5.74, 6) is 0.757. The first-order valence-electron chi connectivity index (χ1n) is 10.2. The van der Waals surface area contributed by atoms with Gasteiger partial charge >= 0.3 is 0 Å². The third-order valence-corrected chi connectivity index (χ3v) is 5.76. The van der Waals surface area contributed by atoms with Gasteiger partial charge in [-0.3, -0.25) is 9.89 Å². The standard InChI is InChI=1S/C25H23N3O2/c1-16-21(18-12-14-20(30-2)15-13-18)25(29)28-24(26-16)22(17-8-6-7-9-17)23(27-28)19-10-4-3-5-11-19/h3-5,8,10-15,27H,6-7,9H2,1-2H3.